The number of rotatable bonds is 2. The first-order valence-corrected chi connectivity index (χ1v) is 6.02. The number of carbonyl (C=O) groups is 1. The van der Waals surface area contributed by atoms with Gasteiger partial charge in [0.1, 0.15) is 5.82 Å². The first-order chi connectivity index (χ1) is 8.59. The van der Waals surface area contributed by atoms with E-state index in [-0.39, 0.29) is 5.91 Å². The van der Waals surface area contributed by atoms with Crippen molar-refractivity contribution in [2.75, 3.05) is 4.90 Å². The highest BCUT2D eigenvalue weighted by atomic mass is 35.5. The number of anilines is 2. The summed E-state index contributed by atoms with van der Waals surface area (Å²) in [7, 11) is 0. The summed E-state index contributed by atoms with van der Waals surface area (Å²) in [5, 5.41) is 0.848. The Kier molecular flexibility index (Phi) is 3.84. The van der Waals surface area contributed by atoms with Crippen LogP contribution in [0.4, 0.5) is 11.5 Å². The van der Waals surface area contributed by atoms with Gasteiger partial charge in [-0.3, -0.25) is 9.69 Å². The fraction of sp³-hybridized carbons (Fsp3) is 0.0769. The van der Waals surface area contributed by atoms with Crippen molar-refractivity contribution in [3.05, 3.63) is 52.6 Å². The molecule has 0 N–H and O–H groups in total. The van der Waals surface area contributed by atoms with Gasteiger partial charge in [0.25, 0.3) is 0 Å². The first kappa shape index (κ1) is 12.9. The minimum atomic E-state index is -0.146. The summed E-state index contributed by atoms with van der Waals surface area (Å²) in [6, 6.07) is 10.4. The minimum Gasteiger partial charge on any atom is -0.274 e. The lowest BCUT2D eigenvalue weighted by atomic mass is 10.2. The molecule has 0 aliphatic rings. The zero-order valence-corrected chi connectivity index (χ0v) is 11.1. The van der Waals surface area contributed by atoms with Gasteiger partial charge in [-0.15, -0.1) is 0 Å². The zero-order valence-electron chi connectivity index (χ0n) is 9.60. The average molecular weight is 281 g/mol. The van der Waals surface area contributed by atoms with Gasteiger partial charge in [-0.05, 0) is 30.3 Å². The van der Waals surface area contributed by atoms with Crippen molar-refractivity contribution in [2.45, 2.75) is 6.92 Å². The molecule has 0 spiro atoms. The maximum absolute atomic E-state index is 11.8. The molecular formula is C13H10Cl2N2O. The van der Waals surface area contributed by atoms with Crippen LogP contribution in [0.1, 0.15) is 6.92 Å². The van der Waals surface area contributed by atoms with Crippen LogP contribution in [0.15, 0.2) is 42.6 Å². The molecule has 0 aliphatic carbocycles. The van der Waals surface area contributed by atoms with Crippen LogP contribution in [0.3, 0.4) is 0 Å². The summed E-state index contributed by atoms with van der Waals surface area (Å²) in [5.41, 5.74) is 0.635. The Hall–Kier alpha value is -1.58. The Morgan fingerprint density at radius 1 is 1.17 bits per heavy atom. The van der Waals surface area contributed by atoms with Crippen LogP contribution in [0.25, 0.3) is 0 Å². The van der Waals surface area contributed by atoms with Crippen LogP contribution < -0.4 is 4.90 Å². The van der Waals surface area contributed by atoms with E-state index < -0.39 is 0 Å². The van der Waals surface area contributed by atoms with E-state index >= 15 is 0 Å². The standard InChI is InChI=1S/C13H10Cl2N2O/c1-9(18)17(13-4-2-3-7-16-13)10-5-6-11(14)12(15)8-10/h2-8H,1H3. The molecular weight excluding hydrogens is 271 g/mol. The summed E-state index contributed by atoms with van der Waals surface area (Å²) in [4.78, 5) is 17.4. The highest BCUT2D eigenvalue weighted by molar-refractivity contribution is 6.42. The van der Waals surface area contributed by atoms with E-state index in [1.54, 1.807) is 36.5 Å². The van der Waals surface area contributed by atoms with Gasteiger partial charge in [-0.1, -0.05) is 29.3 Å². The number of carbonyl (C=O) groups excluding carboxylic acids is 1. The molecule has 2 aromatic rings. The fourth-order valence-corrected chi connectivity index (χ4v) is 1.88. The van der Waals surface area contributed by atoms with Gasteiger partial charge >= 0.3 is 0 Å². The average Bonchev–Trinajstić information content (AvgIpc) is 2.35. The molecule has 0 unspecified atom stereocenters. The van der Waals surface area contributed by atoms with E-state index in [9.17, 15) is 4.79 Å². The third-order valence-electron chi connectivity index (χ3n) is 2.35. The number of nitrogens with zero attached hydrogens (tertiary/aromatic N) is 2. The van der Waals surface area contributed by atoms with Crippen molar-refractivity contribution in [3.63, 3.8) is 0 Å². The topological polar surface area (TPSA) is 33.2 Å². The SMILES string of the molecule is CC(=O)N(c1ccc(Cl)c(Cl)c1)c1ccccn1. The maximum Gasteiger partial charge on any atom is 0.229 e. The third kappa shape index (κ3) is 2.63. The number of hydrogen-bond donors (Lipinski definition) is 0. The van der Waals surface area contributed by atoms with Gasteiger partial charge < -0.3 is 0 Å². The quantitative estimate of drug-likeness (QED) is 0.831. The van der Waals surface area contributed by atoms with Crippen molar-refractivity contribution < 1.29 is 4.79 Å². The van der Waals surface area contributed by atoms with Crippen LogP contribution in [0.2, 0.25) is 10.0 Å². The highest BCUT2D eigenvalue weighted by Crippen LogP contribution is 2.30. The molecule has 0 saturated heterocycles. The molecule has 1 aromatic carbocycles. The molecule has 0 atom stereocenters. The van der Waals surface area contributed by atoms with Gasteiger partial charge in [-0.25, -0.2) is 4.98 Å². The van der Waals surface area contributed by atoms with Gasteiger partial charge in [-0.2, -0.15) is 0 Å². The number of hydrogen-bond acceptors (Lipinski definition) is 2. The Morgan fingerprint density at radius 2 is 1.94 bits per heavy atom. The van der Waals surface area contributed by atoms with E-state index in [2.05, 4.69) is 4.98 Å². The van der Waals surface area contributed by atoms with E-state index in [1.165, 1.54) is 11.8 Å². The summed E-state index contributed by atoms with van der Waals surface area (Å²) in [5.74, 6) is 0.399. The zero-order chi connectivity index (χ0) is 13.1. The molecule has 5 heteroatoms. The molecule has 0 bridgehead atoms. The second-order valence-electron chi connectivity index (χ2n) is 3.64. The predicted molar refractivity (Wildman–Crippen MR) is 73.5 cm³/mol. The maximum atomic E-state index is 11.8. The molecule has 92 valence electrons. The second-order valence-corrected chi connectivity index (χ2v) is 4.46. The van der Waals surface area contributed by atoms with Crippen LogP contribution >= 0.6 is 23.2 Å². The van der Waals surface area contributed by atoms with Crippen LogP contribution in [0, 0.1) is 0 Å². The Morgan fingerprint density at radius 3 is 2.50 bits per heavy atom. The van der Waals surface area contributed by atoms with Crippen LogP contribution in [-0.2, 0) is 4.79 Å². The Bertz CT molecular complexity index is 572. The lowest BCUT2D eigenvalue weighted by molar-refractivity contribution is -0.115. The summed E-state index contributed by atoms with van der Waals surface area (Å²) in [6.07, 6.45) is 1.63. The molecule has 0 radical (unpaired) electrons. The smallest absolute Gasteiger partial charge is 0.229 e. The second kappa shape index (κ2) is 5.38. The third-order valence-corrected chi connectivity index (χ3v) is 3.09. The Labute approximate surface area is 115 Å². The van der Waals surface area contributed by atoms with Gasteiger partial charge in [0.2, 0.25) is 5.91 Å². The van der Waals surface area contributed by atoms with Crippen molar-refractivity contribution in [2.24, 2.45) is 0 Å². The monoisotopic (exact) mass is 280 g/mol. The first-order valence-electron chi connectivity index (χ1n) is 5.26. The Balaban J connectivity index is 2.49. The lowest BCUT2D eigenvalue weighted by Crippen LogP contribution is -2.23. The molecule has 0 fully saturated rings. The molecule has 2 rings (SSSR count). The van der Waals surface area contributed by atoms with Crippen LogP contribution in [-0.4, -0.2) is 10.9 Å². The van der Waals surface area contributed by atoms with Gasteiger partial charge in [0.05, 0.1) is 15.7 Å². The molecule has 1 heterocycles. The normalized spacial score (nSPS) is 10.2. The van der Waals surface area contributed by atoms with E-state index in [4.69, 9.17) is 23.2 Å². The van der Waals surface area contributed by atoms with Gasteiger partial charge in [0, 0.05) is 13.1 Å². The number of amides is 1. The van der Waals surface area contributed by atoms with E-state index in [0.29, 0.717) is 21.6 Å². The number of halogens is 2. The largest absolute Gasteiger partial charge is 0.274 e. The van der Waals surface area contributed by atoms with E-state index in [0.717, 1.165) is 0 Å². The molecule has 0 aliphatic heterocycles. The lowest BCUT2D eigenvalue weighted by Gasteiger charge is -2.20. The van der Waals surface area contributed by atoms with Crippen molar-refractivity contribution >= 4 is 40.6 Å². The molecule has 1 amide bonds. The van der Waals surface area contributed by atoms with Crippen molar-refractivity contribution in [1.29, 1.82) is 0 Å². The minimum absolute atomic E-state index is 0.146. The van der Waals surface area contributed by atoms with Crippen molar-refractivity contribution in [1.82, 2.24) is 4.98 Å². The fourth-order valence-electron chi connectivity index (χ4n) is 1.59. The highest BCUT2D eigenvalue weighted by Gasteiger charge is 2.15. The van der Waals surface area contributed by atoms with Crippen molar-refractivity contribution in [3.8, 4) is 0 Å². The molecule has 3 nitrogen and oxygen atoms in total. The summed E-state index contributed by atoms with van der Waals surface area (Å²) in [6.45, 7) is 1.47. The number of aromatic nitrogens is 1. The molecule has 18 heavy (non-hydrogen) atoms. The van der Waals surface area contributed by atoms with E-state index in [1.807, 2.05) is 6.07 Å². The summed E-state index contributed by atoms with van der Waals surface area (Å²) < 4.78 is 0. The summed E-state index contributed by atoms with van der Waals surface area (Å²) >= 11 is 11.8. The number of pyridine rings is 1. The van der Waals surface area contributed by atoms with Gasteiger partial charge in [0.15, 0.2) is 0 Å². The predicted octanol–water partition coefficient (Wildman–Crippen LogP) is 4.07. The number of benzene rings is 1. The molecule has 1 aromatic heterocycles. The van der Waals surface area contributed by atoms with Crippen LogP contribution in [0.5, 0.6) is 0 Å². The molecule has 0 saturated carbocycles.